The first-order valence-electron chi connectivity index (χ1n) is 11.1. The van der Waals surface area contributed by atoms with Crippen molar-refractivity contribution in [3.8, 4) is 22.6 Å². The molecule has 0 saturated carbocycles. The van der Waals surface area contributed by atoms with E-state index >= 15 is 0 Å². The van der Waals surface area contributed by atoms with E-state index in [0.717, 1.165) is 38.3 Å². The van der Waals surface area contributed by atoms with Crippen LogP contribution in [0.4, 0.5) is 11.5 Å². The lowest BCUT2D eigenvalue weighted by Gasteiger charge is -2.19. The Hall–Kier alpha value is -3.96. The summed E-state index contributed by atoms with van der Waals surface area (Å²) in [5.41, 5.74) is 4.73. The van der Waals surface area contributed by atoms with E-state index in [2.05, 4.69) is 36.3 Å². The van der Waals surface area contributed by atoms with E-state index in [1.807, 2.05) is 36.4 Å². The molecule has 1 aliphatic rings. The molecule has 5 rings (SSSR count). The SMILES string of the molecule is Cn1nc(Nc2cccc(-c3ccc4c(c3)OCCO4)c2Br)c2ncc(C=N[C@H](CO)C(=O)O)cc21. The number of benzene rings is 2. The van der Waals surface area contributed by atoms with Gasteiger partial charge in [-0.05, 0) is 51.3 Å². The number of nitrogens with one attached hydrogen (secondary N) is 1. The summed E-state index contributed by atoms with van der Waals surface area (Å²) in [7, 11) is 1.80. The number of hydrogen-bond acceptors (Lipinski definition) is 8. The third-order valence-electron chi connectivity index (χ3n) is 5.68. The van der Waals surface area contributed by atoms with Gasteiger partial charge in [-0.2, -0.15) is 5.10 Å². The first-order chi connectivity index (χ1) is 17.4. The van der Waals surface area contributed by atoms with Crippen LogP contribution in [0.1, 0.15) is 5.56 Å². The van der Waals surface area contributed by atoms with Crippen molar-refractivity contribution >= 4 is 50.7 Å². The highest BCUT2D eigenvalue weighted by Crippen LogP contribution is 2.40. The number of halogens is 1. The first-order valence-corrected chi connectivity index (χ1v) is 11.9. The van der Waals surface area contributed by atoms with Crippen LogP contribution < -0.4 is 14.8 Å². The number of carboxylic acids is 1. The summed E-state index contributed by atoms with van der Waals surface area (Å²) in [6.07, 6.45) is 2.96. The Morgan fingerprint density at radius 2 is 2.06 bits per heavy atom. The highest BCUT2D eigenvalue weighted by atomic mass is 79.9. The van der Waals surface area contributed by atoms with Crippen LogP contribution in [0.15, 0.2) is 58.1 Å². The van der Waals surface area contributed by atoms with Crippen molar-refractivity contribution in [2.75, 3.05) is 25.1 Å². The zero-order valence-corrected chi connectivity index (χ0v) is 20.8. The topological polar surface area (TPSA) is 131 Å². The van der Waals surface area contributed by atoms with Gasteiger partial charge in [-0.15, -0.1) is 0 Å². The molecule has 2 aromatic heterocycles. The molecule has 0 spiro atoms. The van der Waals surface area contributed by atoms with Crippen LogP contribution in [0.3, 0.4) is 0 Å². The lowest BCUT2D eigenvalue weighted by molar-refractivity contribution is -0.139. The maximum Gasteiger partial charge on any atom is 0.330 e. The summed E-state index contributed by atoms with van der Waals surface area (Å²) in [5, 5.41) is 26.1. The van der Waals surface area contributed by atoms with Crippen molar-refractivity contribution in [3.05, 3.63) is 58.7 Å². The minimum atomic E-state index is -1.22. The lowest BCUT2D eigenvalue weighted by atomic mass is 10.0. The number of aliphatic hydroxyl groups excluding tert-OH is 1. The fourth-order valence-electron chi connectivity index (χ4n) is 3.86. The van der Waals surface area contributed by atoms with Gasteiger partial charge in [-0.1, -0.05) is 18.2 Å². The third-order valence-corrected chi connectivity index (χ3v) is 6.53. The van der Waals surface area contributed by atoms with Crippen LogP contribution in [0.5, 0.6) is 11.5 Å². The molecule has 1 aliphatic heterocycles. The van der Waals surface area contributed by atoms with Gasteiger partial charge in [0.2, 0.25) is 0 Å². The molecule has 184 valence electrons. The van der Waals surface area contributed by atoms with Crippen molar-refractivity contribution in [2.45, 2.75) is 6.04 Å². The molecule has 3 N–H and O–H groups in total. The second-order valence-corrected chi connectivity index (χ2v) is 8.87. The van der Waals surface area contributed by atoms with E-state index in [4.69, 9.17) is 19.7 Å². The number of ether oxygens (including phenoxy) is 2. The van der Waals surface area contributed by atoms with Gasteiger partial charge >= 0.3 is 5.97 Å². The van der Waals surface area contributed by atoms with Gasteiger partial charge < -0.3 is 25.0 Å². The number of anilines is 2. The molecule has 36 heavy (non-hydrogen) atoms. The van der Waals surface area contributed by atoms with E-state index in [0.29, 0.717) is 30.1 Å². The predicted octanol–water partition coefficient (Wildman–Crippen LogP) is 3.78. The number of carboxylic acid groups (broad SMARTS) is 1. The maximum absolute atomic E-state index is 11.1. The van der Waals surface area contributed by atoms with Crippen LogP contribution in [-0.4, -0.2) is 63.0 Å². The van der Waals surface area contributed by atoms with Crippen LogP contribution in [0.2, 0.25) is 0 Å². The summed E-state index contributed by atoms with van der Waals surface area (Å²) in [6.45, 7) is 0.483. The van der Waals surface area contributed by atoms with Crippen molar-refractivity contribution in [1.29, 1.82) is 0 Å². The summed E-state index contributed by atoms with van der Waals surface area (Å²) >= 11 is 3.73. The normalized spacial score (nSPS) is 13.8. The third kappa shape index (κ3) is 4.62. The second kappa shape index (κ2) is 9.96. The first kappa shape index (κ1) is 23.8. The molecular weight excluding hydrogens is 530 g/mol. The van der Waals surface area contributed by atoms with Gasteiger partial charge in [-0.25, -0.2) is 9.78 Å². The predicted molar refractivity (Wildman–Crippen MR) is 138 cm³/mol. The summed E-state index contributed by atoms with van der Waals surface area (Å²) in [4.78, 5) is 19.5. The van der Waals surface area contributed by atoms with Gasteiger partial charge in [0.1, 0.15) is 18.7 Å². The van der Waals surface area contributed by atoms with Crippen LogP contribution in [0, 0.1) is 0 Å². The molecule has 0 amide bonds. The molecule has 0 bridgehead atoms. The molecular formula is C25H22BrN5O5. The number of aryl methyl sites for hydroxylation is 1. The molecule has 11 heteroatoms. The number of fused-ring (bicyclic) bond motifs is 2. The Morgan fingerprint density at radius 1 is 1.25 bits per heavy atom. The largest absolute Gasteiger partial charge is 0.486 e. The molecule has 10 nitrogen and oxygen atoms in total. The molecule has 1 atom stereocenters. The Bertz CT molecular complexity index is 1490. The Morgan fingerprint density at radius 3 is 2.83 bits per heavy atom. The molecule has 0 radical (unpaired) electrons. The van der Waals surface area contributed by atoms with Gasteiger partial charge in [0.05, 0.1) is 17.8 Å². The maximum atomic E-state index is 11.1. The number of nitrogens with zero attached hydrogens (tertiary/aromatic N) is 4. The highest BCUT2D eigenvalue weighted by molar-refractivity contribution is 9.10. The zero-order valence-electron chi connectivity index (χ0n) is 19.2. The smallest absolute Gasteiger partial charge is 0.330 e. The van der Waals surface area contributed by atoms with E-state index in [9.17, 15) is 4.79 Å². The van der Waals surface area contributed by atoms with Gasteiger partial charge in [0.15, 0.2) is 23.4 Å². The van der Waals surface area contributed by atoms with E-state index in [1.54, 1.807) is 24.0 Å². The van der Waals surface area contributed by atoms with Crippen molar-refractivity contribution in [1.82, 2.24) is 14.8 Å². The summed E-state index contributed by atoms with van der Waals surface area (Å²) in [6, 6.07) is 12.4. The van der Waals surface area contributed by atoms with Gasteiger partial charge in [0.25, 0.3) is 0 Å². The van der Waals surface area contributed by atoms with Gasteiger partial charge in [0, 0.05) is 29.5 Å². The molecule has 3 heterocycles. The number of pyridine rings is 1. The molecule has 4 aromatic rings. The number of hydrogen-bond donors (Lipinski definition) is 3. The van der Waals surface area contributed by atoms with Crippen LogP contribution in [0.25, 0.3) is 22.2 Å². The fraction of sp³-hybridized carbons (Fsp3) is 0.200. The number of carbonyl (C=O) groups is 1. The van der Waals surface area contributed by atoms with E-state index in [-0.39, 0.29) is 0 Å². The fourth-order valence-corrected chi connectivity index (χ4v) is 4.45. The molecule has 0 aliphatic carbocycles. The molecule has 0 unspecified atom stereocenters. The lowest BCUT2D eigenvalue weighted by Crippen LogP contribution is -2.22. The minimum absolute atomic E-state index is 0.522. The van der Waals surface area contributed by atoms with Gasteiger partial charge in [-0.3, -0.25) is 9.67 Å². The summed E-state index contributed by atoms with van der Waals surface area (Å²) in [5.74, 6) is 0.825. The second-order valence-electron chi connectivity index (χ2n) is 8.07. The molecule has 0 fully saturated rings. The van der Waals surface area contributed by atoms with E-state index in [1.165, 1.54) is 6.21 Å². The van der Waals surface area contributed by atoms with E-state index < -0.39 is 18.6 Å². The highest BCUT2D eigenvalue weighted by Gasteiger charge is 2.17. The monoisotopic (exact) mass is 551 g/mol. The summed E-state index contributed by atoms with van der Waals surface area (Å²) < 4.78 is 13.9. The Kier molecular flexibility index (Phi) is 6.57. The molecule has 0 saturated heterocycles. The van der Waals surface area contributed by atoms with Crippen LogP contribution >= 0.6 is 15.9 Å². The van der Waals surface area contributed by atoms with Crippen molar-refractivity contribution in [2.24, 2.45) is 12.0 Å². The Balaban J connectivity index is 1.44. The number of aliphatic carboxylic acids is 1. The van der Waals surface area contributed by atoms with Crippen molar-refractivity contribution < 1.29 is 24.5 Å². The average Bonchev–Trinajstić information content (AvgIpc) is 3.19. The zero-order chi connectivity index (χ0) is 25.2. The van der Waals surface area contributed by atoms with Crippen LogP contribution in [-0.2, 0) is 11.8 Å². The Labute approximate surface area is 214 Å². The molecule has 2 aromatic carbocycles. The number of aliphatic imine (C=N–C) groups is 1. The number of rotatable bonds is 7. The minimum Gasteiger partial charge on any atom is -0.486 e. The quantitative estimate of drug-likeness (QED) is 0.296. The number of aromatic nitrogens is 3. The van der Waals surface area contributed by atoms with Crippen molar-refractivity contribution in [3.63, 3.8) is 0 Å². The standard InChI is InChI=1S/C25H22BrN5O5/c1-31-19-9-14(11-27-18(13-32)25(33)34)12-28-23(19)24(30-31)29-17-4-2-3-16(22(17)26)15-5-6-20-21(10-15)36-8-7-35-20/h2-6,9-12,18,32H,7-8,13H2,1H3,(H,29,30)(H,33,34)/t18-/m1/s1. The number of aliphatic hydroxyl groups is 1. The average molecular weight is 552 g/mol.